The number of amides is 1. The summed E-state index contributed by atoms with van der Waals surface area (Å²) in [7, 11) is 1.86. The van der Waals surface area contributed by atoms with Crippen LogP contribution in [0.3, 0.4) is 0 Å². The largest absolute Gasteiger partial charge is 0.491 e. The number of nitrogens with zero attached hydrogens (tertiary/aromatic N) is 2. The Morgan fingerprint density at radius 3 is 2.67 bits per heavy atom. The molecule has 142 valence electrons. The Hall–Kier alpha value is -3.09. The summed E-state index contributed by atoms with van der Waals surface area (Å²) in [5.41, 5.74) is 2.83. The predicted molar refractivity (Wildman–Crippen MR) is 102 cm³/mol. The number of hydrogen-bond donors (Lipinski definition) is 1. The first-order valence-electron chi connectivity index (χ1n) is 8.78. The van der Waals surface area contributed by atoms with Crippen molar-refractivity contribution in [3.63, 3.8) is 0 Å². The fourth-order valence-corrected chi connectivity index (χ4v) is 3.01. The SMILES string of the molecule is Cc1nn(C)c(C)c1CNC(=O)c1cc(=O)oc2cc(OC(C)C)ccc12. The van der Waals surface area contributed by atoms with Crippen LogP contribution in [0.5, 0.6) is 5.75 Å². The number of carbonyl (C=O) groups is 1. The highest BCUT2D eigenvalue weighted by molar-refractivity contribution is 6.05. The van der Waals surface area contributed by atoms with Crippen molar-refractivity contribution in [2.45, 2.75) is 40.3 Å². The van der Waals surface area contributed by atoms with E-state index in [9.17, 15) is 9.59 Å². The Kier molecular flexibility index (Phi) is 5.03. The van der Waals surface area contributed by atoms with Gasteiger partial charge in [0.05, 0.1) is 17.4 Å². The molecule has 1 aromatic carbocycles. The smallest absolute Gasteiger partial charge is 0.337 e. The van der Waals surface area contributed by atoms with E-state index in [0.717, 1.165) is 17.0 Å². The minimum atomic E-state index is -0.580. The Labute approximate surface area is 156 Å². The second-order valence-corrected chi connectivity index (χ2v) is 6.76. The van der Waals surface area contributed by atoms with Crippen LogP contribution >= 0.6 is 0 Å². The van der Waals surface area contributed by atoms with Crippen LogP contribution in [0.4, 0.5) is 0 Å². The van der Waals surface area contributed by atoms with Crippen LogP contribution in [0.2, 0.25) is 0 Å². The van der Waals surface area contributed by atoms with Crippen LogP contribution in [0.15, 0.2) is 33.5 Å². The van der Waals surface area contributed by atoms with Gasteiger partial charge in [-0.05, 0) is 39.8 Å². The highest BCUT2D eigenvalue weighted by Gasteiger charge is 2.16. The zero-order chi connectivity index (χ0) is 19.7. The third-order valence-corrected chi connectivity index (χ3v) is 4.42. The van der Waals surface area contributed by atoms with Crippen molar-refractivity contribution in [1.82, 2.24) is 15.1 Å². The fraction of sp³-hybridized carbons (Fsp3) is 0.350. The number of hydrogen-bond acceptors (Lipinski definition) is 5. The molecule has 7 nitrogen and oxygen atoms in total. The van der Waals surface area contributed by atoms with Gasteiger partial charge in [0.1, 0.15) is 11.3 Å². The van der Waals surface area contributed by atoms with Gasteiger partial charge in [-0.3, -0.25) is 9.48 Å². The highest BCUT2D eigenvalue weighted by atomic mass is 16.5. The maximum atomic E-state index is 12.7. The molecule has 0 saturated carbocycles. The van der Waals surface area contributed by atoms with Gasteiger partial charge in [0.25, 0.3) is 5.91 Å². The van der Waals surface area contributed by atoms with Crippen LogP contribution in [-0.4, -0.2) is 21.8 Å². The highest BCUT2D eigenvalue weighted by Crippen LogP contribution is 2.23. The maximum absolute atomic E-state index is 12.7. The number of nitrogens with one attached hydrogen (secondary N) is 1. The summed E-state index contributed by atoms with van der Waals surface area (Å²) in [6, 6.07) is 6.33. The molecular formula is C20H23N3O4. The lowest BCUT2D eigenvalue weighted by Gasteiger charge is -2.11. The Bertz CT molecular complexity index is 1060. The molecule has 0 aliphatic carbocycles. The topological polar surface area (TPSA) is 86.4 Å². The molecule has 0 aliphatic heterocycles. The van der Waals surface area contributed by atoms with Gasteiger partial charge in [0, 0.05) is 42.4 Å². The molecule has 0 unspecified atom stereocenters. The first-order chi connectivity index (χ1) is 12.8. The minimum absolute atomic E-state index is 0.00776. The molecule has 3 aromatic rings. The van der Waals surface area contributed by atoms with Crippen molar-refractivity contribution in [2.24, 2.45) is 7.05 Å². The van der Waals surface area contributed by atoms with Gasteiger partial charge in [-0.2, -0.15) is 5.10 Å². The quantitative estimate of drug-likeness (QED) is 0.699. The summed E-state index contributed by atoms with van der Waals surface area (Å²) >= 11 is 0. The van der Waals surface area contributed by atoms with Crippen molar-refractivity contribution >= 4 is 16.9 Å². The van der Waals surface area contributed by atoms with E-state index in [1.165, 1.54) is 6.07 Å². The molecule has 0 aliphatic rings. The van der Waals surface area contributed by atoms with Crippen molar-refractivity contribution in [3.05, 3.63) is 57.2 Å². The molecule has 2 aromatic heterocycles. The van der Waals surface area contributed by atoms with E-state index < -0.39 is 5.63 Å². The van der Waals surface area contributed by atoms with E-state index in [2.05, 4.69) is 10.4 Å². The first kappa shape index (κ1) is 18.7. The third-order valence-electron chi connectivity index (χ3n) is 4.42. The average Bonchev–Trinajstić information content (AvgIpc) is 2.83. The second kappa shape index (κ2) is 7.26. The molecule has 3 rings (SSSR count). The third kappa shape index (κ3) is 3.86. The van der Waals surface area contributed by atoms with Crippen LogP contribution in [0.1, 0.15) is 41.2 Å². The molecular weight excluding hydrogens is 346 g/mol. The van der Waals surface area contributed by atoms with Crippen molar-refractivity contribution < 1.29 is 13.9 Å². The van der Waals surface area contributed by atoms with Gasteiger partial charge < -0.3 is 14.5 Å². The zero-order valence-electron chi connectivity index (χ0n) is 16.1. The molecule has 1 amide bonds. The van der Waals surface area contributed by atoms with Gasteiger partial charge in [0.15, 0.2) is 0 Å². The number of fused-ring (bicyclic) bond motifs is 1. The lowest BCUT2D eigenvalue weighted by atomic mass is 10.1. The van der Waals surface area contributed by atoms with E-state index in [1.807, 2.05) is 34.7 Å². The van der Waals surface area contributed by atoms with Gasteiger partial charge in [-0.25, -0.2) is 4.79 Å². The summed E-state index contributed by atoms with van der Waals surface area (Å²) in [6.45, 7) is 8.00. The lowest BCUT2D eigenvalue weighted by Crippen LogP contribution is -2.24. The van der Waals surface area contributed by atoms with Crippen LogP contribution in [0.25, 0.3) is 11.0 Å². The summed E-state index contributed by atoms with van der Waals surface area (Å²) < 4.78 is 12.7. The van der Waals surface area contributed by atoms with Crippen LogP contribution in [0, 0.1) is 13.8 Å². The van der Waals surface area contributed by atoms with Gasteiger partial charge >= 0.3 is 5.63 Å². The first-order valence-corrected chi connectivity index (χ1v) is 8.78. The Morgan fingerprint density at radius 1 is 1.30 bits per heavy atom. The normalized spacial score (nSPS) is 11.2. The molecule has 7 heteroatoms. The molecule has 0 saturated heterocycles. The van der Waals surface area contributed by atoms with E-state index in [-0.39, 0.29) is 17.6 Å². The Morgan fingerprint density at radius 2 is 2.04 bits per heavy atom. The number of benzene rings is 1. The second-order valence-electron chi connectivity index (χ2n) is 6.76. The predicted octanol–water partition coefficient (Wildman–Crippen LogP) is 2.86. The molecule has 0 bridgehead atoms. The number of aromatic nitrogens is 2. The monoisotopic (exact) mass is 369 g/mol. The fourth-order valence-electron chi connectivity index (χ4n) is 3.01. The van der Waals surface area contributed by atoms with Crippen molar-refractivity contribution in [1.29, 1.82) is 0 Å². The van der Waals surface area contributed by atoms with Crippen molar-refractivity contribution in [3.8, 4) is 5.75 Å². The number of ether oxygens (including phenoxy) is 1. The zero-order valence-corrected chi connectivity index (χ0v) is 16.1. The molecule has 0 fully saturated rings. The Balaban J connectivity index is 1.91. The van der Waals surface area contributed by atoms with Crippen LogP contribution in [-0.2, 0) is 13.6 Å². The van der Waals surface area contributed by atoms with Gasteiger partial charge in [0.2, 0.25) is 0 Å². The molecule has 27 heavy (non-hydrogen) atoms. The van der Waals surface area contributed by atoms with E-state index in [1.54, 1.807) is 22.9 Å². The minimum Gasteiger partial charge on any atom is -0.491 e. The van der Waals surface area contributed by atoms with E-state index in [4.69, 9.17) is 9.15 Å². The van der Waals surface area contributed by atoms with Gasteiger partial charge in [-0.15, -0.1) is 0 Å². The molecule has 0 atom stereocenters. The number of aryl methyl sites for hydroxylation is 2. The number of carbonyl (C=O) groups excluding carboxylic acids is 1. The van der Waals surface area contributed by atoms with Crippen LogP contribution < -0.4 is 15.7 Å². The lowest BCUT2D eigenvalue weighted by molar-refractivity contribution is 0.0952. The molecule has 1 N–H and O–H groups in total. The molecule has 0 spiro atoms. The maximum Gasteiger partial charge on any atom is 0.337 e. The van der Waals surface area contributed by atoms with Gasteiger partial charge in [-0.1, -0.05) is 0 Å². The summed E-state index contributed by atoms with van der Waals surface area (Å²) in [6.07, 6.45) is -0.00776. The number of rotatable bonds is 5. The van der Waals surface area contributed by atoms with E-state index >= 15 is 0 Å². The summed E-state index contributed by atoms with van der Waals surface area (Å²) in [4.78, 5) is 24.7. The standard InChI is InChI=1S/C20H23N3O4/c1-11(2)26-14-6-7-15-16(9-19(24)27-18(15)8-14)20(25)21-10-17-12(3)22-23(5)13(17)4/h6-9,11H,10H2,1-5H3,(H,21,25). The average molecular weight is 369 g/mol. The summed E-state index contributed by atoms with van der Waals surface area (Å²) in [5.74, 6) is 0.243. The van der Waals surface area contributed by atoms with Crippen molar-refractivity contribution in [2.75, 3.05) is 0 Å². The molecule has 2 heterocycles. The van der Waals surface area contributed by atoms with E-state index in [0.29, 0.717) is 23.3 Å². The summed E-state index contributed by atoms with van der Waals surface area (Å²) in [5, 5.41) is 7.78. The molecule has 0 radical (unpaired) electrons.